The zero-order chi connectivity index (χ0) is 24.0. The molecule has 1 aliphatic heterocycles. The van der Waals surface area contributed by atoms with Gasteiger partial charge in [0.05, 0.1) is 26.5 Å². The summed E-state index contributed by atoms with van der Waals surface area (Å²) in [5.74, 6) is 1.95. The number of hydrogen-bond donors (Lipinski definition) is 0. The summed E-state index contributed by atoms with van der Waals surface area (Å²) in [5, 5.41) is 0. The highest BCUT2D eigenvalue weighted by atomic mass is 16.5. The summed E-state index contributed by atoms with van der Waals surface area (Å²) in [6, 6.07) is 13.4. The fraction of sp³-hybridized carbons (Fsp3) is 0.320. The molecule has 0 unspecified atom stereocenters. The molecule has 0 bridgehead atoms. The van der Waals surface area contributed by atoms with Crippen molar-refractivity contribution in [2.45, 2.75) is 26.4 Å². The molecule has 4 aromatic rings. The topological polar surface area (TPSA) is 83.5 Å². The first kappa shape index (κ1) is 21.8. The van der Waals surface area contributed by atoms with Crippen molar-refractivity contribution in [3.63, 3.8) is 0 Å². The van der Waals surface area contributed by atoms with E-state index in [0.717, 1.165) is 23.2 Å². The smallest absolute Gasteiger partial charge is 0.332 e. The predicted molar refractivity (Wildman–Crippen MR) is 131 cm³/mol. The van der Waals surface area contributed by atoms with Crippen LogP contribution in [0.4, 0.5) is 11.6 Å². The number of nitrogens with zero attached hydrogens (tertiary/aromatic N) is 5. The van der Waals surface area contributed by atoms with Crippen molar-refractivity contribution in [1.82, 2.24) is 18.7 Å². The van der Waals surface area contributed by atoms with Crippen LogP contribution in [0.5, 0.6) is 11.5 Å². The minimum absolute atomic E-state index is 0.213. The molecule has 2 aromatic carbocycles. The maximum atomic E-state index is 13.6. The van der Waals surface area contributed by atoms with Gasteiger partial charge in [-0.3, -0.25) is 13.9 Å². The summed E-state index contributed by atoms with van der Waals surface area (Å²) in [6.45, 7) is 3.53. The highest BCUT2D eigenvalue weighted by Gasteiger charge is 2.28. The van der Waals surface area contributed by atoms with E-state index in [-0.39, 0.29) is 17.8 Å². The summed E-state index contributed by atoms with van der Waals surface area (Å²) in [7, 11) is 4.88. The van der Waals surface area contributed by atoms with Crippen LogP contribution in [0.25, 0.3) is 11.2 Å². The quantitative estimate of drug-likeness (QED) is 0.455. The predicted octanol–water partition coefficient (Wildman–Crippen LogP) is 2.81. The van der Waals surface area contributed by atoms with Crippen LogP contribution < -0.4 is 25.6 Å². The minimum atomic E-state index is -0.384. The Morgan fingerprint density at radius 2 is 1.82 bits per heavy atom. The van der Waals surface area contributed by atoms with E-state index in [1.165, 1.54) is 9.13 Å². The van der Waals surface area contributed by atoms with Crippen LogP contribution in [0.2, 0.25) is 0 Å². The van der Waals surface area contributed by atoms with E-state index in [9.17, 15) is 9.59 Å². The van der Waals surface area contributed by atoms with Crippen molar-refractivity contribution < 1.29 is 9.47 Å². The van der Waals surface area contributed by atoms with E-state index in [0.29, 0.717) is 41.7 Å². The van der Waals surface area contributed by atoms with Gasteiger partial charge in [0.2, 0.25) is 5.95 Å². The second-order valence-corrected chi connectivity index (χ2v) is 8.44. The Balaban J connectivity index is 1.70. The first-order chi connectivity index (χ1) is 16.4. The molecule has 176 valence electrons. The third-order valence-corrected chi connectivity index (χ3v) is 6.48. The number of methoxy groups -OCH3 is 2. The van der Waals surface area contributed by atoms with Gasteiger partial charge in [-0.1, -0.05) is 24.3 Å². The Morgan fingerprint density at radius 3 is 2.56 bits per heavy atom. The van der Waals surface area contributed by atoms with Crippen LogP contribution >= 0.6 is 0 Å². The number of benzene rings is 2. The molecular weight excluding hydrogens is 434 g/mol. The van der Waals surface area contributed by atoms with Gasteiger partial charge in [0.15, 0.2) is 11.2 Å². The van der Waals surface area contributed by atoms with Crippen molar-refractivity contribution >= 4 is 22.8 Å². The van der Waals surface area contributed by atoms with Crippen molar-refractivity contribution in [1.29, 1.82) is 0 Å². The highest BCUT2D eigenvalue weighted by Crippen LogP contribution is 2.38. The van der Waals surface area contributed by atoms with Gasteiger partial charge in [-0.05, 0) is 36.6 Å². The Kier molecular flexibility index (Phi) is 5.39. The maximum Gasteiger partial charge on any atom is 0.332 e. The van der Waals surface area contributed by atoms with Crippen LogP contribution in [-0.2, 0) is 20.1 Å². The molecule has 1 aliphatic rings. The van der Waals surface area contributed by atoms with E-state index in [1.807, 2.05) is 58.9 Å². The molecule has 0 saturated heterocycles. The van der Waals surface area contributed by atoms with Gasteiger partial charge < -0.3 is 18.9 Å². The third kappa shape index (κ3) is 3.35. The van der Waals surface area contributed by atoms with Gasteiger partial charge in [-0.15, -0.1) is 0 Å². The molecule has 0 aliphatic carbocycles. The van der Waals surface area contributed by atoms with Crippen LogP contribution in [0.3, 0.4) is 0 Å². The lowest BCUT2D eigenvalue weighted by Gasteiger charge is -2.30. The average molecular weight is 462 g/mol. The van der Waals surface area contributed by atoms with Crippen molar-refractivity contribution in [3.05, 3.63) is 74.4 Å². The third-order valence-electron chi connectivity index (χ3n) is 6.48. The lowest BCUT2D eigenvalue weighted by molar-refractivity contribution is 0.394. The van der Waals surface area contributed by atoms with Gasteiger partial charge >= 0.3 is 5.69 Å². The second-order valence-electron chi connectivity index (χ2n) is 8.44. The molecule has 0 spiro atoms. The Hall–Kier alpha value is -4.01. The standard InChI is InChI=1S/C25H27N5O4/c1-16-8-5-6-9-17(16)15-30-23(31)21-22(27(2)25(30)32)26-24-28(12-7-13-29(21)24)19-11-10-18(33-3)14-20(19)34-4/h5-6,8-11,14H,7,12-13,15H2,1-4H3. The summed E-state index contributed by atoms with van der Waals surface area (Å²) < 4.78 is 15.6. The number of aryl methyl sites for hydroxylation is 3. The summed E-state index contributed by atoms with van der Waals surface area (Å²) in [5.41, 5.74) is 2.89. The molecule has 34 heavy (non-hydrogen) atoms. The fourth-order valence-electron chi connectivity index (χ4n) is 4.60. The fourth-order valence-corrected chi connectivity index (χ4v) is 4.60. The normalized spacial score (nSPS) is 13.2. The Bertz CT molecular complexity index is 1510. The van der Waals surface area contributed by atoms with Gasteiger partial charge in [-0.25, -0.2) is 4.79 Å². The summed E-state index contributed by atoms with van der Waals surface area (Å²) in [6.07, 6.45) is 0.813. The number of hydrogen-bond acceptors (Lipinski definition) is 6. The van der Waals surface area contributed by atoms with Gasteiger partial charge in [0, 0.05) is 26.2 Å². The number of imidazole rings is 1. The molecule has 0 amide bonds. The van der Waals surface area contributed by atoms with E-state index >= 15 is 0 Å². The van der Waals surface area contributed by atoms with Crippen molar-refractivity contribution in [2.75, 3.05) is 25.7 Å². The first-order valence-corrected chi connectivity index (χ1v) is 11.2. The molecule has 9 nitrogen and oxygen atoms in total. The number of anilines is 2. The van der Waals surface area contributed by atoms with E-state index < -0.39 is 0 Å². The van der Waals surface area contributed by atoms with Crippen LogP contribution in [0, 0.1) is 6.92 Å². The molecule has 9 heteroatoms. The van der Waals surface area contributed by atoms with Gasteiger partial charge in [-0.2, -0.15) is 4.98 Å². The van der Waals surface area contributed by atoms with Crippen LogP contribution in [-0.4, -0.2) is 39.4 Å². The monoisotopic (exact) mass is 461 g/mol. The van der Waals surface area contributed by atoms with Crippen LogP contribution in [0.15, 0.2) is 52.1 Å². The van der Waals surface area contributed by atoms with Gasteiger partial charge in [0.25, 0.3) is 5.56 Å². The molecule has 5 rings (SSSR count). The Morgan fingerprint density at radius 1 is 1.03 bits per heavy atom. The summed E-state index contributed by atoms with van der Waals surface area (Å²) in [4.78, 5) is 33.6. The molecule has 3 heterocycles. The lowest BCUT2D eigenvalue weighted by Crippen LogP contribution is -2.40. The zero-order valence-electron chi connectivity index (χ0n) is 19.7. The lowest BCUT2D eigenvalue weighted by atomic mass is 10.1. The molecule has 0 saturated carbocycles. The number of fused-ring (bicyclic) bond motifs is 3. The molecule has 2 aromatic heterocycles. The van der Waals surface area contributed by atoms with Crippen LogP contribution in [0.1, 0.15) is 17.5 Å². The SMILES string of the molecule is COc1ccc(N2CCCn3c2nc2c3c(=O)n(Cc3ccccc3C)c(=O)n2C)c(OC)c1. The number of aromatic nitrogens is 4. The number of rotatable bonds is 5. The van der Waals surface area contributed by atoms with E-state index in [2.05, 4.69) is 0 Å². The molecular formula is C25H27N5O4. The van der Waals surface area contributed by atoms with Crippen molar-refractivity contribution in [3.8, 4) is 11.5 Å². The second kappa shape index (κ2) is 8.40. The van der Waals surface area contributed by atoms with E-state index in [1.54, 1.807) is 21.3 Å². The molecule has 0 fully saturated rings. The minimum Gasteiger partial charge on any atom is -0.497 e. The first-order valence-electron chi connectivity index (χ1n) is 11.2. The number of ether oxygens (including phenoxy) is 2. The highest BCUT2D eigenvalue weighted by molar-refractivity contribution is 5.78. The Labute approximate surface area is 196 Å². The van der Waals surface area contributed by atoms with Gasteiger partial charge in [0.1, 0.15) is 11.5 Å². The molecule has 0 atom stereocenters. The maximum absolute atomic E-state index is 13.6. The zero-order valence-corrected chi connectivity index (χ0v) is 19.7. The largest absolute Gasteiger partial charge is 0.497 e. The molecule has 0 radical (unpaired) electrons. The molecule has 0 N–H and O–H groups in total. The van der Waals surface area contributed by atoms with Crippen molar-refractivity contribution in [2.24, 2.45) is 7.05 Å². The summed E-state index contributed by atoms with van der Waals surface area (Å²) >= 11 is 0. The van der Waals surface area contributed by atoms with E-state index in [4.69, 9.17) is 14.5 Å². The average Bonchev–Trinajstić information content (AvgIpc) is 3.26.